The predicted molar refractivity (Wildman–Crippen MR) is 87.6 cm³/mol. The molecule has 23 heavy (non-hydrogen) atoms. The van der Waals surface area contributed by atoms with Crippen LogP contribution < -0.4 is 5.32 Å². The van der Waals surface area contributed by atoms with Crippen LogP contribution in [-0.4, -0.2) is 80.8 Å². The maximum Gasteiger partial charge on any atom is 0.137 e. The maximum absolute atomic E-state index is 10.0. The molecule has 0 radical (unpaired) electrons. The molecule has 6 N–H and O–H groups in total. The van der Waals surface area contributed by atoms with Crippen LogP contribution in [0.4, 0.5) is 0 Å². The lowest BCUT2D eigenvalue weighted by Crippen LogP contribution is -2.68. The van der Waals surface area contributed by atoms with E-state index < -0.39 is 37.2 Å². The van der Waals surface area contributed by atoms with E-state index in [1.165, 1.54) is 37.0 Å². The highest BCUT2D eigenvalue weighted by molar-refractivity contribution is 4.96. The van der Waals surface area contributed by atoms with Crippen molar-refractivity contribution in [3.63, 3.8) is 0 Å². The third kappa shape index (κ3) is 6.26. The number of unbranched alkanes of at least 4 members (excludes halogenated alkanes) is 6. The first-order chi connectivity index (χ1) is 11.0. The Labute approximate surface area is 138 Å². The maximum atomic E-state index is 10.0. The molecule has 1 aliphatic heterocycles. The van der Waals surface area contributed by atoms with Gasteiger partial charge in [0, 0.05) is 0 Å². The van der Waals surface area contributed by atoms with Gasteiger partial charge in [-0.05, 0) is 13.0 Å². The van der Waals surface area contributed by atoms with Crippen LogP contribution in [0.2, 0.25) is 0 Å². The summed E-state index contributed by atoms with van der Waals surface area (Å²) in [4.78, 5) is 1.39. The van der Waals surface area contributed by atoms with Crippen molar-refractivity contribution in [2.24, 2.45) is 0 Å². The highest BCUT2D eigenvalue weighted by atomic mass is 16.4. The van der Waals surface area contributed by atoms with E-state index >= 15 is 0 Å². The van der Waals surface area contributed by atoms with Crippen LogP contribution in [0.25, 0.3) is 0 Å². The molecule has 1 aliphatic rings. The summed E-state index contributed by atoms with van der Waals surface area (Å²) in [6.07, 6.45) is 2.97. The molecule has 0 bridgehead atoms. The summed E-state index contributed by atoms with van der Waals surface area (Å²) in [6.45, 7) is 2.81. The van der Waals surface area contributed by atoms with Gasteiger partial charge in [-0.25, -0.2) is 0 Å². The first-order valence-corrected chi connectivity index (χ1v) is 8.84. The van der Waals surface area contributed by atoms with Gasteiger partial charge in [-0.3, -0.25) is 4.90 Å². The minimum Gasteiger partial charge on any atom is -0.395 e. The van der Waals surface area contributed by atoms with Crippen LogP contribution in [-0.2, 0) is 0 Å². The van der Waals surface area contributed by atoms with E-state index in [1.807, 2.05) is 0 Å². The molecular weight excluding hydrogens is 300 g/mol. The summed E-state index contributed by atoms with van der Waals surface area (Å²) in [6, 6.07) is -0.801. The first kappa shape index (κ1) is 20.8. The third-order valence-electron chi connectivity index (χ3n) is 4.60. The average molecular weight is 334 g/mol. The largest absolute Gasteiger partial charge is 0.395 e. The molecule has 138 valence electrons. The lowest BCUT2D eigenvalue weighted by atomic mass is 9.93. The number of piperidine rings is 1. The van der Waals surface area contributed by atoms with Gasteiger partial charge in [-0.2, -0.15) is 0 Å². The summed E-state index contributed by atoms with van der Waals surface area (Å²) in [7, 11) is 0. The Balaban J connectivity index is 2.24. The monoisotopic (exact) mass is 334 g/mol. The van der Waals surface area contributed by atoms with Crippen molar-refractivity contribution in [2.75, 3.05) is 19.8 Å². The van der Waals surface area contributed by atoms with Gasteiger partial charge in [-0.1, -0.05) is 45.4 Å². The second-order valence-corrected chi connectivity index (χ2v) is 6.43. The molecule has 7 heteroatoms. The fourth-order valence-electron chi connectivity index (χ4n) is 3.03. The highest BCUT2D eigenvalue weighted by Crippen LogP contribution is 2.22. The van der Waals surface area contributed by atoms with Crippen LogP contribution in [0.5, 0.6) is 0 Å². The lowest BCUT2D eigenvalue weighted by Gasteiger charge is -2.46. The Bertz CT molecular complexity index is 308. The van der Waals surface area contributed by atoms with Gasteiger partial charge in [0.2, 0.25) is 0 Å². The standard InChI is InChI=1S/C16H34N2O5/c1-2-3-4-5-6-7-8-9-17-11-18-12(10-19)13(20)14(21)15(22)16(18)23/h12-17,19-23H,2-11H2,1H3/t12-,13-,14+,15-,16?/m1/s1. The summed E-state index contributed by atoms with van der Waals surface area (Å²) < 4.78 is 0. The summed E-state index contributed by atoms with van der Waals surface area (Å²) in [5, 5.41) is 51.8. The summed E-state index contributed by atoms with van der Waals surface area (Å²) in [5.74, 6) is 0. The topological polar surface area (TPSA) is 116 Å². The van der Waals surface area contributed by atoms with E-state index in [1.54, 1.807) is 0 Å². The van der Waals surface area contributed by atoms with Crippen molar-refractivity contribution in [3.8, 4) is 0 Å². The number of aliphatic hydroxyl groups excluding tert-OH is 5. The quantitative estimate of drug-likeness (QED) is 0.278. The van der Waals surface area contributed by atoms with Crippen LogP contribution in [0.1, 0.15) is 51.9 Å². The van der Waals surface area contributed by atoms with Crippen molar-refractivity contribution >= 4 is 0 Å². The van der Waals surface area contributed by atoms with Gasteiger partial charge < -0.3 is 30.8 Å². The molecule has 0 aromatic rings. The first-order valence-electron chi connectivity index (χ1n) is 8.84. The predicted octanol–water partition coefficient (Wildman–Crippen LogP) is -0.638. The number of rotatable bonds is 11. The normalized spacial score (nSPS) is 32.3. The van der Waals surface area contributed by atoms with Gasteiger partial charge >= 0.3 is 0 Å². The SMILES string of the molecule is CCCCCCCCCNCN1C(O)[C@H](O)[C@@H](O)[C@H](O)[C@H]1CO. The zero-order chi connectivity index (χ0) is 17.2. The molecule has 1 rings (SSSR count). The van der Waals surface area contributed by atoms with Crippen LogP contribution >= 0.6 is 0 Å². The van der Waals surface area contributed by atoms with Gasteiger partial charge in [-0.15, -0.1) is 0 Å². The Morgan fingerprint density at radius 1 is 0.826 bits per heavy atom. The molecule has 0 spiro atoms. The molecule has 1 unspecified atom stereocenters. The number of likely N-dealkylation sites (tertiary alicyclic amines) is 1. The fourth-order valence-corrected chi connectivity index (χ4v) is 3.03. The molecule has 0 saturated carbocycles. The average Bonchev–Trinajstić information content (AvgIpc) is 2.55. The van der Waals surface area contributed by atoms with Crippen LogP contribution in [0, 0.1) is 0 Å². The number of nitrogens with one attached hydrogen (secondary N) is 1. The van der Waals surface area contributed by atoms with E-state index in [0.29, 0.717) is 0 Å². The molecule has 1 heterocycles. The minimum absolute atomic E-state index is 0.239. The Kier molecular flexibility index (Phi) is 10.2. The van der Waals surface area contributed by atoms with Crippen LogP contribution in [0.3, 0.4) is 0 Å². The fraction of sp³-hybridized carbons (Fsp3) is 1.00. The van der Waals surface area contributed by atoms with Crippen molar-refractivity contribution in [1.82, 2.24) is 10.2 Å². The lowest BCUT2D eigenvalue weighted by molar-refractivity contribution is -0.224. The third-order valence-corrected chi connectivity index (χ3v) is 4.60. The van der Waals surface area contributed by atoms with Crippen molar-refractivity contribution < 1.29 is 25.5 Å². The van der Waals surface area contributed by atoms with Gasteiger partial charge in [0.1, 0.15) is 24.5 Å². The Morgan fingerprint density at radius 2 is 1.43 bits per heavy atom. The van der Waals surface area contributed by atoms with Crippen molar-refractivity contribution in [1.29, 1.82) is 0 Å². The number of nitrogens with zero attached hydrogens (tertiary/aromatic N) is 1. The van der Waals surface area contributed by atoms with E-state index in [-0.39, 0.29) is 6.67 Å². The van der Waals surface area contributed by atoms with Gasteiger partial charge in [0.15, 0.2) is 0 Å². The summed E-state index contributed by atoms with van der Waals surface area (Å²) >= 11 is 0. The minimum atomic E-state index is -1.46. The molecular formula is C16H34N2O5. The summed E-state index contributed by atoms with van der Waals surface area (Å²) in [5.41, 5.74) is 0. The molecule has 0 aliphatic carbocycles. The molecule has 7 nitrogen and oxygen atoms in total. The smallest absolute Gasteiger partial charge is 0.137 e. The Morgan fingerprint density at radius 3 is 2.04 bits per heavy atom. The number of hydrogen-bond acceptors (Lipinski definition) is 7. The Hall–Kier alpha value is -0.280. The second kappa shape index (κ2) is 11.3. The molecule has 1 saturated heterocycles. The zero-order valence-electron chi connectivity index (χ0n) is 14.1. The van der Waals surface area contributed by atoms with E-state index in [4.69, 9.17) is 0 Å². The van der Waals surface area contributed by atoms with Gasteiger partial charge in [0.05, 0.1) is 19.3 Å². The molecule has 0 amide bonds. The van der Waals surface area contributed by atoms with Gasteiger partial charge in [0.25, 0.3) is 0 Å². The van der Waals surface area contributed by atoms with E-state index in [9.17, 15) is 25.5 Å². The zero-order valence-corrected chi connectivity index (χ0v) is 14.1. The molecule has 1 fully saturated rings. The van der Waals surface area contributed by atoms with E-state index in [0.717, 1.165) is 19.4 Å². The van der Waals surface area contributed by atoms with E-state index in [2.05, 4.69) is 12.2 Å². The van der Waals surface area contributed by atoms with Crippen molar-refractivity contribution in [3.05, 3.63) is 0 Å². The van der Waals surface area contributed by atoms with Crippen molar-refractivity contribution in [2.45, 2.75) is 82.5 Å². The second-order valence-electron chi connectivity index (χ2n) is 6.43. The van der Waals surface area contributed by atoms with Crippen LogP contribution in [0.15, 0.2) is 0 Å². The highest BCUT2D eigenvalue weighted by Gasteiger charge is 2.46. The number of aliphatic hydroxyl groups is 5. The molecule has 0 aromatic carbocycles. The molecule has 0 aromatic heterocycles. The molecule has 5 atom stereocenters. The number of hydrogen-bond donors (Lipinski definition) is 6.